The molecular weight excluding hydrogens is 464 g/mol. The van der Waals surface area contributed by atoms with E-state index in [0.717, 1.165) is 38.0 Å². The number of hydrogen-bond acceptors (Lipinski definition) is 6. The van der Waals surface area contributed by atoms with E-state index in [1.807, 2.05) is 18.2 Å². The molecule has 1 aliphatic carbocycles. The van der Waals surface area contributed by atoms with Crippen LogP contribution in [0.3, 0.4) is 0 Å². The highest BCUT2D eigenvalue weighted by Gasteiger charge is 2.39. The van der Waals surface area contributed by atoms with Crippen molar-refractivity contribution in [2.75, 3.05) is 33.3 Å². The van der Waals surface area contributed by atoms with E-state index in [1.165, 1.54) is 19.3 Å². The zero-order chi connectivity index (χ0) is 24.4. The molecule has 2 fully saturated rings. The largest absolute Gasteiger partial charge is 0.481 e. The van der Waals surface area contributed by atoms with Crippen molar-refractivity contribution in [3.05, 3.63) is 47.2 Å². The Morgan fingerprint density at radius 3 is 2.89 bits per heavy atom. The third-order valence-electron chi connectivity index (χ3n) is 7.47. The lowest BCUT2D eigenvalue weighted by Crippen LogP contribution is -2.63. The maximum atomic E-state index is 13.6. The second kappa shape index (κ2) is 10.1. The molecule has 2 aliphatic rings. The molecule has 1 amide bonds. The van der Waals surface area contributed by atoms with Crippen LogP contribution in [-0.2, 0) is 0 Å². The molecule has 0 bridgehead atoms. The van der Waals surface area contributed by atoms with E-state index in [0.29, 0.717) is 40.4 Å². The Balaban J connectivity index is 1.45. The number of methoxy groups -OCH3 is 1. The molecule has 2 aromatic heterocycles. The first-order chi connectivity index (χ1) is 17.0. The third kappa shape index (κ3) is 4.75. The lowest BCUT2D eigenvalue weighted by atomic mass is 9.79. The zero-order valence-electron chi connectivity index (χ0n) is 20.4. The van der Waals surface area contributed by atoms with E-state index in [-0.39, 0.29) is 11.4 Å². The standard InChI is InChI=1S/C26H33ClN6O2/c1-18-15-32(14-13-28-18)26(10-4-3-5-11-26)17-30-24(34)19-16-33(21-8-6-7-20(27)23(19)21)25-29-12-9-22(31-25)35-2/h6-9,12,16,18,28H,3-5,10-11,13-15,17H2,1-2H3,(H,30,34). The number of rotatable bonds is 6. The average Bonchev–Trinajstić information content (AvgIpc) is 3.29. The van der Waals surface area contributed by atoms with Gasteiger partial charge in [-0.05, 0) is 31.9 Å². The number of aromatic nitrogens is 3. The number of fused-ring (bicyclic) bond motifs is 1. The Labute approximate surface area is 211 Å². The Hall–Kier alpha value is -2.68. The average molecular weight is 497 g/mol. The van der Waals surface area contributed by atoms with Gasteiger partial charge in [-0.1, -0.05) is 36.9 Å². The molecule has 1 atom stereocenters. The first kappa shape index (κ1) is 24.0. The van der Waals surface area contributed by atoms with Crippen LogP contribution in [-0.4, -0.2) is 70.2 Å². The van der Waals surface area contributed by atoms with Gasteiger partial charge in [-0.2, -0.15) is 4.98 Å². The van der Waals surface area contributed by atoms with E-state index >= 15 is 0 Å². The van der Waals surface area contributed by atoms with Crippen molar-refractivity contribution in [3.8, 4) is 11.8 Å². The van der Waals surface area contributed by atoms with Crippen LogP contribution in [0.15, 0.2) is 36.7 Å². The molecular formula is C26H33ClN6O2. The summed E-state index contributed by atoms with van der Waals surface area (Å²) in [4.78, 5) is 25.1. The van der Waals surface area contributed by atoms with Crippen LogP contribution in [0.2, 0.25) is 5.02 Å². The summed E-state index contributed by atoms with van der Waals surface area (Å²) in [5, 5.41) is 8.06. The van der Waals surface area contributed by atoms with E-state index in [4.69, 9.17) is 16.3 Å². The quantitative estimate of drug-likeness (QED) is 0.540. The highest BCUT2D eigenvalue weighted by molar-refractivity contribution is 6.37. The normalized spacial score (nSPS) is 20.6. The number of piperazine rings is 1. The van der Waals surface area contributed by atoms with Gasteiger partial charge in [0.1, 0.15) is 0 Å². The fraction of sp³-hybridized carbons (Fsp3) is 0.500. The van der Waals surface area contributed by atoms with Gasteiger partial charge in [0, 0.05) is 61.6 Å². The molecule has 3 aromatic rings. The van der Waals surface area contributed by atoms with Gasteiger partial charge in [0.2, 0.25) is 11.8 Å². The maximum absolute atomic E-state index is 13.6. The van der Waals surface area contributed by atoms with E-state index in [2.05, 4.69) is 32.4 Å². The first-order valence-electron chi connectivity index (χ1n) is 12.4. The number of nitrogens with zero attached hydrogens (tertiary/aromatic N) is 4. The van der Waals surface area contributed by atoms with E-state index < -0.39 is 0 Å². The van der Waals surface area contributed by atoms with Gasteiger partial charge >= 0.3 is 0 Å². The lowest BCUT2D eigenvalue weighted by molar-refractivity contribution is 0.0273. The second-order valence-corrected chi connectivity index (χ2v) is 10.1. The fourth-order valence-electron chi connectivity index (χ4n) is 5.66. The molecule has 1 saturated heterocycles. The van der Waals surface area contributed by atoms with Crippen LogP contribution in [0.25, 0.3) is 16.9 Å². The Morgan fingerprint density at radius 1 is 1.29 bits per heavy atom. The van der Waals surface area contributed by atoms with Crippen molar-refractivity contribution in [3.63, 3.8) is 0 Å². The third-order valence-corrected chi connectivity index (χ3v) is 7.78. The predicted octanol–water partition coefficient (Wildman–Crippen LogP) is 3.81. The topological polar surface area (TPSA) is 84.3 Å². The predicted molar refractivity (Wildman–Crippen MR) is 138 cm³/mol. The molecule has 1 saturated carbocycles. The SMILES string of the molecule is COc1ccnc(-n2cc(C(=O)NCC3(N4CCNC(C)C4)CCCCC3)c3c(Cl)cccc32)n1. The molecule has 186 valence electrons. The number of carbonyl (C=O) groups excluding carboxylic acids is 1. The lowest BCUT2D eigenvalue weighted by Gasteiger charge is -2.49. The van der Waals surface area contributed by atoms with Crippen LogP contribution in [0.5, 0.6) is 5.88 Å². The molecule has 2 N–H and O–H groups in total. The van der Waals surface area contributed by atoms with Gasteiger partial charge < -0.3 is 15.4 Å². The minimum atomic E-state index is -0.127. The van der Waals surface area contributed by atoms with Gasteiger partial charge in [-0.3, -0.25) is 14.3 Å². The molecule has 0 radical (unpaired) electrons. The minimum Gasteiger partial charge on any atom is -0.481 e. The molecule has 0 spiro atoms. The van der Waals surface area contributed by atoms with Crippen molar-refractivity contribution in [2.24, 2.45) is 0 Å². The first-order valence-corrected chi connectivity index (χ1v) is 12.8. The summed E-state index contributed by atoms with van der Waals surface area (Å²) in [5.41, 5.74) is 1.30. The molecule has 35 heavy (non-hydrogen) atoms. The van der Waals surface area contributed by atoms with Crippen molar-refractivity contribution < 1.29 is 9.53 Å². The smallest absolute Gasteiger partial charge is 0.253 e. The van der Waals surface area contributed by atoms with Gasteiger partial charge in [-0.15, -0.1) is 0 Å². The van der Waals surface area contributed by atoms with Crippen LogP contribution in [0.1, 0.15) is 49.4 Å². The molecule has 5 rings (SSSR count). The van der Waals surface area contributed by atoms with Gasteiger partial charge in [0.15, 0.2) is 0 Å². The van der Waals surface area contributed by atoms with Gasteiger partial charge in [-0.25, -0.2) is 4.98 Å². The number of amides is 1. The fourth-order valence-corrected chi connectivity index (χ4v) is 5.93. The number of hydrogen-bond donors (Lipinski definition) is 2. The van der Waals surface area contributed by atoms with Crippen molar-refractivity contribution in [2.45, 2.75) is 50.6 Å². The summed E-state index contributed by atoms with van der Waals surface area (Å²) in [6.07, 6.45) is 9.31. The van der Waals surface area contributed by atoms with Crippen LogP contribution < -0.4 is 15.4 Å². The number of benzene rings is 1. The summed E-state index contributed by atoms with van der Waals surface area (Å²) in [5.74, 6) is 0.751. The monoisotopic (exact) mass is 496 g/mol. The number of ether oxygens (including phenoxy) is 1. The molecule has 1 aromatic carbocycles. The maximum Gasteiger partial charge on any atom is 0.253 e. The summed E-state index contributed by atoms with van der Waals surface area (Å²) in [6, 6.07) is 7.74. The highest BCUT2D eigenvalue weighted by Crippen LogP contribution is 2.35. The summed E-state index contributed by atoms with van der Waals surface area (Å²) in [6.45, 7) is 5.87. The highest BCUT2D eigenvalue weighted by atomic mass is 35.5. The summed E-state index contributed by atoms with van der Waals surface area (Å²) >= 11 is 6.61. The molecule has 3 heterocycles. The number of carbonyl (C=O) groups is 1. The summed E-state index contributed by atoms with van der Waals surface area (Å²) in [7, 11) is 1.57. The van der Waals surface area contributed by atoms with E-state index in [1.54, 1.807) is 30.1 Å². The van der Waals surface area contributed by atoms with Gasteiger partial charge in [0.25, 0.3) is 5.91 Å². The van der Waals surface area contributed by atoms with Gasteiger partial charge in [0.05, 0.1) is 23.2 Å². The number of halogens is 1. The molecule has 8 nitrogen and oxygen atoms in total. The van der Waals surface area contributed by atoms with Crippen LogP contribution in [0, 0.1) is 0 Å². The molecule has 1 aliphatic heterocycles. The Morgan fingerprint density at radius 2 is 2.11 bits per heavy atom. The van der Waals surface area contributed by atoms with Crippen molar-refractivity contribution in [1.82, 2.24) is 30.1 Å². The van der Waals surface area contributed by atoms with Crippen LogP contribution >= 0.6 is 11.6 Å². The number of nitrogens with one attached hydrogen (secondary N) is 2. The van der Waals surface area contributed by atoms with Crippen LogP contribution in [0.4, 0.5) is 0 Å². The Kier molecular flexibility index (Phi) is 6.95. The second-order valence-electron chi connectivity index (χ2n) is 9.71. The Bertz CT molecular complexity index is 1210. The summed E-state index contributed by atoms with van der Waals surface area (Å²) < 4.78 is 7.07. The zero-order valence-corrected chi connectivity index (χ0v) is 21.1. The molecule has 1 unspecified atom stereocenters. The van der Waals surface area contributed by atoms with E-state index in [9.17, 15) is 4.79 Å². The molecule has 9 heteroatoms. The van der Waals surface area contributed by atoms with Crippen molar-refractivity contribution in [1.29, 1.82) is 0 Å². The minimum absolute atomic E-state index is 0.00232. The van der Waals surface area contributed by atoms with Crippen molar-refractivity contribution >= 4 is 28.4 Å².